The lowest BCUT2D eigenvalue weighted by atomic mass is 9.67. The number of hydrogen-bond donors (Lipinski definition) is 0. The van der Waals surface area contributed by atoms with E-state index >= 15 is 0 Å². The van der Waals surface area contributed by atoms with Crippen LogP contribution in [0.1, 0.15) is 63.9 Å². The van der Waals surface area contributed by atoms with Gasteiger partial charge in [0.25, 0.3) is 0 Å². The molecule has 0 saturated carbocycles. The number of anilines is 1. The van der Waals surface area contributed by atoms with Gasteiger partial charge in [-0.25, -0.2) is 4.79 Å². The normalized spacial score (nSPS) is 27.9. The van der Waals surface area contributed by atoms with Crippen LogP contribution in [0.5, 0.6) is 0 Å². The van der Waals surface area contributed by atoms with E-state index < -0.39 is 5.41 Å². The fraction of sp³-hybridized carbons (Fsp3) is 0.655. The van der Waals surface area contributed by atoms with Crippen molar-refractivity contribution in [3.05, 3.63) is 41.7 Å². The van der Waals surface area contributed by atoms with Gasteiger partial charge in [-0.1, -0.05) is 66.7 Å². The van der Waals surface area contributed by atoms with Gasteiger partial charge in [0.1, 0.15) is 0 Å². The molecule has 3 aliphatic rings. The van der Waals surface area contributed by atoms with E-state index in [1.54, 1.807) is 13.4 Å². The van der Waals surface area contributed by atoms with E-state index in [1.165, 1.54) is 31.9 Å². The summed E-state index contributed by atoms with van der Waals surface area (Å²) in [4.78, 5) is 31.6. The lowest BCUT2D eigenvalue weighted by Crippen LogP contribution is -2.55. The smallest absolute Gasteiger partial charge is 0.337 e. The Morgan fingerprint density at radius 3 is 2.64 bits per heavy atom. The Morgan fingerprint density at radius 2 is 1.92 bits per heavy atom. The highest BCUT2D eigenvalue weighted by atomic mass is 79.9. The molecule has 0 radical (unpaired) electrons. The van der Waals surface area contributed by atoms with Crippen molar-refractivity contribution in [1.29, 1.82) is 0 Å². The van der Waals surface area contributed by atoms with Crippen molar-refractivity contribution < 1.29 is 19.1 Å². The molecule has 0 aliphatic carbocycles. The molecule has 1 amide bonds. The Kier molecular flexibility index (Phi) is 9.15. The molecule has 1 aromatic carbocycles. The number of rotatable bonds is 11. The average molecular weight is 562 g/mol. The van der Waals surface area contributed by atoms with Crippen LogP contribution in [0.2, 0.25) is 0 Å². The van der Waals surface area contributed by atoms with E-state index in [0.29, 0.717) is 11.5 Å². The number of carbonyl (C=O) groups is 2. The van der Waals surface area contributed by atoms with E-state index in [1.807, 2.05) is 6.07 Å². The molecule has 0 N–H and O–H groups in total. The lowest BCUT2D eigenvalue weighted by Gasteiger charge is -2.45. The number of methoxy groups -OCH3 is 2. The molecule has 0 bridgehead atoms. The molecule has 3 heterocycles. The van der Waals surface area contributed by atoms with Crippen LogP contribution in [-0.2, 0) is 24.5 Å². The summed E-state index contributed by atoms with van der Waals surface area (Å²) >= 11 is 3.51. The quantitative estimate of drug-likeness (QED) is 0.118. The maximum atomic E-state index is 14.3. The van der Waals surface area contributed by atoms with Crippen LogP contribution in [0.15, 0.2) is 36.1 Å². The number of esters is 1. The zero-order chi connectivity index (χ0) is 25.7. The molecule has 1 spiro atoms. The number of ether oxygens (including phenoxy) is 2. The Balaban J connectivity index is 1.62. The molecular weight excluding hydrogens is 520 g/mol. The first-order valence-corrected chi connectivity index (χ1v) is 14.7. The molecule has 198 valence electrons. The van der Waals surface area contributed by atoms with Gasteiger partial charge in [0.05, 0.1) is 31.5 Å². The summed E-state index contributed by atoms with van der Waals surface area (Å²) in [6, 6.07) is 8.47. The summed E-state index contributed by atoms with van der Waals surface area (Å²) < 4.78 is 10.5. The van der Waals surface area contributed by atoms with Gasteiger partial charge in [-0.3, -0.25) is 9.69 Å². The molecule has 4 atom stereocenters. The highest BCUT2D eigenvalue weighted by Gasteiger charge is 2.62. The summed E-state index contributed by atoms with van der Waals surface area (Å²) in [5.74, 6) is 0.238. The third kappa shape index (κ3) is 4.85. The maximum Gasteiger partial charge on any atom is 0.337 e. The van der Waals surface area contributed by atoms with Crippen molar-refractivity contribution >= 4 is 33.5 Å². The number of carbonyl (C=O) groups excluding carboxylic acids is 2. The van der Waals surface area contributed by atoms with Crippen LogP contribution in [0.25, 0.3) is 0 Å². The summed E-state index contributed by atoms with van der Waals surface area (Å²) in [5.41, 5.74) is 2.30. The average Bonchev–Trinajstić information content (AvgIpc) is 3.39. The highest BCUT2D eigenvalue weighted by Crippen LogP contribution is 2.55. The first-order valence-electron chi connectivity index (χ1n) is 13.6. The standard InChI is InChI=1S/C29H41BrN2O4/c1-4-21-19-31-17-14-29(26(31)18-22(21)23(20-35-2)27(33)36-3)24-12-8-9-13-25(24)32(28(29)34)16-11-7-5-6-10-15-30/h8-9,12-13,20-22,26H,4-7,10-11,14-19H2,1-3H3/b23-20+/t21-,22-,26+,29+/m0/s1. The minimum absolute atomic E-state index is 0.00192. The summed E-state index contributed by atoms with van der Waals surface area (Å²) in [5, 5.41) is 1.06. The van der Waals surface area contributed by atoms with Crippen LogP contribution in [0.3, 0.4) is 0 Å². The number of amides is 1. The third-order valence-electron chi connectivity index (χ3n) is 8.73. The van der Waals surface area contributed by atoms with Crippen molar-refractivity contribution in [3.63, 3.8) is 0 Å². The number of alkyl halides is 1. The van der Waals surface area contributed by atoms with E-state index in [4.69, 9.17) is 9.47 Å². The molecule has 0 unspecified atom stereocenters. The zero-order valence-corrected chi connectivity index (χ0v) is 23.6. The molecular formula is C29H41BrN2O4. The summed E-state index contributed by atoms with van der Waals surface area (Å²) in [6.45, 7) is 4.75. The molecule has 36 heavy (non-hydrogen) atoms. The van der Waals surface area contributed by atoms with Gasteiger partial charge in [-0.2, -0.15) is 0 Å². The van der Waals surface area contributed by atoms with E-state index in [0.717, 1.165) is 62.8 Å². The maximum absolute atomic E-state index is 14.3. The molecule has 7 heteroatoms. The summed E-state index contributed by atoms with van der Waals surface area (Å²) in [6.07, 6.45) is 9.92. The topological polar surface area (TPSA) is 59.1 Å². The Hall–Kier alpha value is -1.86. The van der Waals surface area contributed by atoms with E-state index in [-0.39, 0.29) is 23.8 Å². The van der Waals surface area contributed by atoms with Crippen LogP contribution in [0, 0.1) is 11.8 Å². The van der Waals surface area contributed by atoms with Crippen molar-refractivity contribution in [3.8, 4) is 0 Å². The highest BCUT2D eigenvalue weighted by molar-refractivity contribution is 9.09. The van der Waals surface area contributed by atoms with Gasteiger partial charge < -0.3 is 14.4 Å². The summed E-state index contributed by atoms with van der Waals surface area (Å²) in [7, 11) is 3.00. The molecule has 6 nitrogen and oxygen atoms in total. The molecule has 2 fully saturated rings. The molecule has 4 rings (SSSR count). The Bertz CT molecular complexity index is 966. The first kappa shape index (κ1) is 27.2. The molecule has 1 aromatic rings. The fourth-order valence-electron chi connectivity index (χ4n) is 6.94. The van der Waals surface area contributed by atoms with Crippen molar-refractivity contribution in [2.45, 2.75) is 69.7 Å². The molecule has 2 saturated heterocycles. The third-order valence-corrected chi connectivity index (χ3v) is 9.29. The number of hydrogen-bond acceptors (Lipinski definition) is 5. The van der Waals surface area contributed by atoms with Gasteiger partial charge in [-0.15, -0.1) is 0 Å². The number of unbranched alkanes of at least 4 members (excludes halogenated alkanes) is 4. The first-order chi connectivity index (χ1) is 17.5. The number of halogens is 1. The minimum atomic E-state index is -0.544. The number of nitrogens with zero attached hydrogens (tertiary/aromatic N) is 2. The van der Waals surface area contributed by atoms with Gasteiger partial charge in [0.2, 0.25) is 5.91 Å². The van der Waals surface area contributed by atoms with Gasteiger partial charge in [-0.05, 0) is 55.7 Å². The van der Waals surface area contributed by atoms with Crippen molar-refractivity contribution in [2.75, 3.05) is 44.1 Å². The monoisotopic (exact) mass is 560 g/mol. The minimum Gasteiger partial charge on any atom is -0.504 e. The predicted molar refractivity (Wildman–Crippen MR) is 146 cm³/mol. The van der Waals surface area contributed by atoms with Crippen LogP contribution < -0.4 is 4.90 Å². The van der Waals surface area contributed by atoms with Gasteiger partial charge in [0.15, 0.2) is 0 Å². The number of para-hydroxylation sites is 1. The zero-order valence-electron chi connectivity index (χ0n) is 22.0. The van der Waals surface area contributed by atoms with Crippen LogP contribution >= 0.6 is 15.9 Å². The van der Waals surface area contributed by atoms with E-state index in [9.17, 15) is 9.59 Å². The van der Waals surface area contributed by atoms with E-state index in [2.05, 4.69) is 50.9 Å². The van der Waals surface area contributed by atoms with Crippen LogP contribution in [-0.4, -0.2) is 62.0 Å². The Morgan fingerprint density at radius 1 is 1.17 bits per heavy atom. The number of fused-ring (bicyclic) bond motifs is 4. The largest absolute Gasteiger partial charge is 0.504 e. The second-order valence-electron chi connectivity index (χ2n) is 10.5. The molecule has 3 aliphatic heterocycles. The second-order valence-corrected chi connectivity index (χ2v) is 11.3. The molecule has 0 aromatic heterocycles. The predicted octanol–water partition coefficient (Wildman–Crippen LogP) is 5.44. The Labute approximate surface area is 224 Å². The van der Waals surface area contributed by atoms with Gasteiger partial charge in [0, 0.05) is 30.1 Å². The van der Waals surface area contributed by atoms with Crippen molar-refractivity contribution in [1.82, 2.24) is 4.90 Å². The second kappa shape index (κ2) is 12.1. The number of piperidine rings is 1. The van der Waals surface area contributed by atoms with Crippen molar-refractivity contribution in [2.24, 2.45) is 11.8 Å². The number of benzene rings is 1. The lowest BCUT2D eigenvalue weighted by molar-refractivity contribution is -0.137. The fourth-order valence-corrected chi connectivity index (χ4v) is 7.34. The van der Waals surface area contributed by atoms with Gasteiger partial charge >= 0.3 is 5.97 Å². The SMILES string of the molecule is CC[C@H]1CN2CC[C@]3(C(=O)N(CCCCCCCBr)c4ccccc43)[C@H]2C[C@@H]1/C(=C\OC)C(=O)OC. The van der Waals surface area contributed by atoms with Crippen LogP contribution in [0.4, 0.5) is 5.69 Å².